The average Bonchev–Trinajstić information content (AvgIpc) is 3.10. The van der Waals surface area contributed by atoms with Gasteiger partial charge in [0.2, 0.25) is 5.96 Å². The Bertz CT molecular complexity index is 1030. The third-order valence-corrected chi connectivity index (χ3v) is 4.18. The van der Waals surface area contributed by atoms with Gasteiger partial charge in [-0.2, -0.15) is 5.10 Å². The summed E-state index contributed by atoms with van der Waals surface area (Å²) in [6.45, 7) is 1.81. The Hall–Kier alpha value is -3.61. The molecule has 0 bridgehead atoms. The van der Waals surface area contributed by atoms with Crippen LogP contribution in [0.25, 0.3) is 10.9 Å². The van der Waals surface area contributed by atoms with Crippen LogP contribution < -0.4 is 16.2 Å². The van der Waals surface area contributed by atoms with Crippen LogP contribution in [-0.2, 0) is 6.42 Å². The van der Waals surface area contributed by atoms with Crippen molar-refractivity contribution in [2.24, 2.45) is 21.7 Å². The van der Waals surface area contributed by atoms with Crippen LogP contribution in [0.5, 0.6) is 5.75 Å². The molecule has 3 aromatic rings. The Morgan fingerprint density at radius 1 is 1.07 bits per heavy atom. The number of rotatable bonds is 6. The van der Waals surface area contributed by atoms with E-state index in [-0.39, 0.29) is 11.7 Å². The van der Waals surface area contributed by atoms with E-state index >= 15 is 0 Å². The van der Waals surface area contributed by atoms with Crippen molar-refractivity contribution in [2.75, 3.05) is 7.11 Å². The van der Waals surface area contributed by atoms with Gasteiger partial charge in [0.15, 0.2) is 5.78 Å². The quantitative estimate of drug-likeness (QED) is 0.270. The molecule has 0 fully saturated rings. The fourth-order valence-corrected chi connectivity index (χ4v) is 2.72. The molecule has 7 heteroatoms. The minimum Gasteiger partial charge on any atom is -0.497 e. The second kappa shape index (κ2) is 7.74. The van der Waals surface area contributed by atoms with E-state index in [4.69, 9.17) is 16.2 Å². The maximum Gasteiger partial charge on any atom is 0.211 e. The average molecular weight is 363 g/mol. The molecule has 0 aliphatic heterocycles. The Labute approximate surface area is 156 Å². The highest BCUT2D eigenvalue weighted by Gasteiger charge is 2.11. The second-order valence-electron chi connectivity index (χ2n) is 6.14. The molecule has 2 aromatic carbocycles. The van der Waals surface area contributed by atoms with E-state index in [9.17, 15) is 4.79 Å². The van der Waals surface area contributed by atoms with Crippen molar-refractivity contribution in [3.05, 3.63) is 65.4 Å². The summed E-state index contributed by atoms with van der Waals surface area (Å²) in [6.07, 6.45) is 0.300. The molecule has 0 saturated heterocycles. The van der Waals surface area contributed by atoms with Crippen LogP contribution in [0.2, 0.25) is 0 Å². The van der Waals surface area contributed by atoms with E-state index in [1.807, 2.05) is 55.5 Å². The van der Waals surface area contributed by atoms with Gasteiger partial charge in [0.05, 0.1) is 18.5 Å². The Kier molecular flexibility index (Phi) is 5.21. The van der Waals surface area contributed by atoms with Gasteiger partial charge in [-0.25, -0.2) is 0 Å². The van der Waals surface area contributed by atoms with Gasteiger partial charge in [0, 0.05) is 17.3 Å². The van der Waals surface area contributed by atoms with Crippen LogP contribution in [0.15, 0.2) is 58.7 Å². The molecule has 5 N–H and O–H groups in total. The van der Waals surface area contributed by atoms with Gasteiger partial charge in [-0.1, -0.05) is 24.3 Å². The number of guanidine groups is 1. The van der Waals surface area contributed by atoms with Crippen LogP contribution in [-0.4, -0.2) is 29.5 Å². The van der Waals surface area contributed by atoms with Gasteiger partial charge in [0.25, 0.3) is 0 Å². The molecule has 27 heavy (non-hydrogen) atoms. The van der Waals surface area contributed by atoms with E-state index < -0.39 is 0 Å². The number of fused-ring (bicyclic) bond motifs is 1. The van der Waals surface area contributed by atoms with Crippen LogP contribution in [0.3, 0.4) is 0 Å². The molecule has 1 aromatic heterocycles. The van der Waals surface area contributed by atoms with Gasteiger partial charge < -0.3 is 21.2 Å². The molecule has 7 nitrogen and oxygen atoms in total. The van der Waals surface area contributed by atoms with Crippen molar-refractivity contribution in [3.8, 4) is 5.75 Å². The summed E-state index contributed by atoms with van der Waals surface area (Å²) in [7, 11) is 1.62. The zero-order chi connectivity index (χ0) is 19.4. The van der Waals surface area contributed by atoms with E-state index in [2.05, 4.69) is 15.2 Å². The monoisotopic (exact) mass is 363 g/mol. The van der Waals surface area contributed by atoms with Gasteiger partial charge in [-0.15, -0.1) is 5.10 Å². The van der Waals surface area contributed by atoms with Crippen LogP contribution in [0.4, 0.5) is 0 Å². The summed E-state index contributed by atoms with van der Waals surface area (Å²) in [5.74, 6) is 0.685. The third-order valence-electron chi connectivity index (χ3n) is 4.18. The summed E-state index contributed by atoms with van der Waals surface area (Å²) in [6, 6.07) is 15.1. The molecule has 1 heterocycles. The zero-order valence-electron chi connectivity index (χ0n) is 15.2. The number of benzene rings is 2. The van der Waals surface area contributed by atoms with Crippen LogP contribution in [0.1, 0.15) is 28.5 Å². The highest BCUT2D eigenvalue weighted by Crippen LogP contribution is 2.22. The number of Topliss-reactive ketones (excluding diaryl/α,β-unsaturated/α-hetero) is 1. The van der Waals surface area contributed by atoms with E-state index in [0.29, 0.717) is 17.8 Å². The first kappa shape index (κ1) is 18.2. The molecule has 3 rings (SSSR count). The van der Waals surface area contributed by atoms with Crippen molar-refractivity contribution in [3.63, 3.8) is 0 Å². The highest BCUT2D eigenvalue weighted by atomic mass is 16.5. The fraction of sp³-hybridized carbons (Fsp3) is 0.150. The smallest absolute Gasteiger partial charge is 0.211 e. The summed E-state index contributed by atoms with van der Waals surface area (Å²) >= 11 is 0. The summed E-state index contributed by atoms with van der Waals surface area (Å²) in [5, 5.41) is 8.52. The Morgan fingerprint density at radius 3 is 2.48 bits per heavy atom. The van der Waals surface area contributed by atoms with Gasteiger partial charge in [-0.3, -0.25) is 4.79 Å². The Balaban J connectivity index is 1.74. The van der Waals surface area contributed by atoms with E-state index in [1.165, 1.54) is 0 Å². The Morgan fingerprint density at radius 2 is 1.81 bits per heavy atom. The number of aromatic amines is 1. The molecule has 0 atom stereocenters. The van der Waals surface area contributed by atoms with Crippen molar-refractivity contribution in [1.29, 1.82) is 0 Å². The third kappa shape index (κ3) is 4.33. The van der Waals surface area contributed by atoms with E-state index in [0.717, 1.165) is 27.8 Å². The number of H-pyrrole nitrogens is 1. The molecular weight excluding hydrogens is 342 g/mol. The lowest BCUT2D eigenvalue weighted by Gasteiger charge is -2.03. The largest absolute Gasteiger partial charge is 0.497 e. The predicted octanol–water partition coefficient (Wildman–Crippen LogP) is 2.60. The number of nitrogens with zero attached hydrogens (tertiary/aromatic N) is 2. The molecule has 0 amide bonds. The molecule has 0 unspecified atom stereocenters. The molecule has 0 saturated carbocycles. The summed E-state index contributed by atoms with van der Waals surface area (Å²) in [4.78, 5) is 15.8. The topological polar surface area (TPSA) is 119 Å². The number of nitrogens with one attached hydrogen (secondary N) is 1. The number of ether oxygens (including phenoxy) is 1. The van der Waals surface area contributed by atoms with Crippen molar-refractivity contribution in [1.82, 2.24) is 4.98 Å². The SMILES string of the molecule is COc1ccc2[nH]c(C(=O)Cc3ccc(/C(C)=N/N=C(N)N)cc3)cc2c1. The number of ketones is 1. The first-order valence-electron chi connectivity index (χ1n) is 8.38. The maximum absolute atomic E-state index is 12.6. The molecule has 0 aliphatic carbocycles. The van der Waals surface area contributed by atoms with Crippen molar-refractivity contribution in [2.45, 2.75) is 13.3 Å². The number of carbonyl (C=O) groups is 1. The lowest BCUT2D eigenvalue weighted by Crippen LogP contribution is -2.22. The van der Waals surface area contributed by atoms with E-state index in [1.54, 1.807) is 7.11 Å². The minimum atomic E-state index is -0.0903. The second-order valence-corrected chi connectivity index (χ2v) is 6.14. The summed E-state index contributed by atoms with van der Waals surface area (Å²) < 4.78 is 5.22. The number of hydrogen-bond acceptors (Lipinski definition) is 4. The van der Waals surface area contributed by atoms with Gasteiger partial charge in [0.1, 0.15) is 5.75 Å². The number of nitrogens with two attached hydrogens (primary N) is 2. The first-order valence-corrected chi connectivity index (χ1v) is 8.38. The van der Waals surface area contributed by atoms with Crippen molar-refractivity contribution < 1.29 is 9.53 Å². The normalized spacial score (nSPS) is 11.4. The highest BCUT2D eigenvalue weighted by molar-refractivity contribution is 6.01. The number of methoxy groups -OCH3 is 1. The standard InChI is InChI=1S/C20H21N5O2/c1-12(24-25-20(21)22)14-5-3-13(4-6-14)9-19(26)18-11-15-10-16(27-2)7-8-17(15)23-18/h3-8,10-11,23H,9H2,1-2H3,(H4,21,22,25)/b24-12+. The number of hydrogen-bond donors (Lipinski definition) is 3. The maximum atomic E-state index is 12.6. The van der Waals surface area contributed by atoms with Gasteiger partial charge >= 0.3 is 0 Å². The van der Waals surface area contributed by atoms with Gasteiger partial charge in [-0.05, 0) is 42.3 Å². The first-order chi connectivity index (χ1) is 13.0. The predicted molar refractivity (Wildman–Crippen MR) is 107 cm³/mol. The minimum absolute atomic E-state index is 0.0174. The molecule has 138 valence electrons. The molecule has 0 spiro atoms. The fourth-order valence-electron chi connectivity index (χ4n) is 2.72. The van der Waals surface area contributed by atoms with Crippen LogP contribution in [0, 0.1) is 0 Å². The van der Waals surface area contributed by atoms with Crippen molar-refractivity contribution >= 4 is 28.4 Å². The molecular formula is C20H21N5O2. The number of carbonyl (C=O) groups excluding carboxylic acids is 1. The number of aromatic nitrogens is 1. The molecule has 0 radical (unpaired) electrons. The lowest BCUT2D eigenvalue weighted by atomic mass is 10.0. The molecule has 0 aliphatic rings. The zero-order valence-corrected chi connectivity index (χ0v) is 15.2. The summed E-state index contributed by atoms with van der Waals surface area (Å²) in [5.41, 5.74) is 14.5. The van der Waals surface area contributed by atoms with Crippen LogP contribution >= 0.6 is 0 Å². The lowest BCUT2D eigenvalue weighted by molar-refractivity contribution is 0.0989.